The molecule has 0 saturated heterocycles. The molecule has 0 amide bonds. The molecule has 0 aliphatic carbocycles. The smallest absolute Gasteiger partial charge is 0.343 e. The van der Waals surface area contributed by atoms with Gasteiger partial charge in [0.2, 0.25) is 0 Å². The lowest BCUT2D eigenvalue weighted by Gasteiger charge is -2.00. The Morgan fingerprint density at radius 1 is 1.41 bits per heavy atom. The number of aromatic amines is 1. The second-order valence-electron chi connectivity index (χ2n) is 3.90. The van der Waals surface area contributed by atoms with E-state index in [9.17, 15) is 9.59 Å². The van der Waals surface area contributed by atoms with Gasteiger partial charge in [-0.25, -0.2) is 4.79 Å². The number of nitrogens with one attached hydrogen (secondary N) is 1. The summed E-state index contributed by atoms with van der Waals surface area (Å²) < 4.78 is 1.17. The topological polar surface area (TPSA) is 75.1 Å². The van der Waals surface area contributed by atoms with Crippen LogP contribution >= 0.6 is 0 Å². The lowest BCUT2D eigenvalue weighted by atomic mass is 10.1. The van der Waals surface area contributed by atoms with Crippen LogP contribution in [0.1, 0.15) is 15.9 Å². The molecule has 0 aliphatic rings. The maximum atomic E-state index is 11.6. The highest BCUT2D eigenvalue weighted by atomic mass is 16.4. The number of aryl methyl sites for hydroxylation is 2. The molecule has 5 heteroatoms. The van der Waals surface area contributed by atoms with Crippen molar-refractivity contribution in [1.29, 1.82) is 0 Å². The predicted octanol–water partition coefficient (Wildman–Crippen LogP) is 1.39. The highest BCUT2D eigenvalue weighted by Gasteiger charge is 2.20. The number of nitrogens with zero attached hydrogens (tertiary/aromatic N) is 1. The minimum atomic E-state index is -1.22. The normalized spacial score (nSPS) is 10.5. The summed E-state index contributed by atoms with van der Waals surface area (Å²) in [7, 11) is 1.49. The first-order valence-electron chi connectivity index (χ1n) is 5.10. The van der Waals surface area contributed by atoms with Crippen LogP contribution < -0.4 is 5.56 Å². The number of aromatic carboxylic acids is 1. The highest BCUT2D eigenvalue weighted by Crippen LogP contribution is 2.20. The molecule has 2 rings (SSSR count). The molecule has 1 aromatic heterocycles. The predicted molar refractivity (Wildman–Crippen MR) is 63.2 cm³/mol. The van der Waals surface area contributed by atoms with Crippen LogP contribution in [0.25, 0.3) is 11.3 Å². The first-order valence-corrected chi connectivity index (χ1v) is 5.10. The van der Waals surface area contributed by atoms with E-state index < -0.39 is 11.5 Å². The summed E-state index contributed by atoms with van der Waals surface area (Å²) in [5, 5.41) is 11.8. The van der Waals surface area contributed by atoms with Gasteiger partial charge in [-0.3, -0.25) is 14.6 Å². The molecule has 0 radical (unpaired) electrons. The Morgan fingerprint density at radius 2 is 2.12 bits per heavy atom. The van der Waals surface area contributed by atoms with Gasteiger partial charge in [-0.2, -0.15) is 0 Å². The second kappa shape index (κ2) is 3.93. The quantitative estimate of drug-likeness (QED) is 0.821. The number of benzene rings is 1. The fourth-order valence-electron chi connectivity index (χ4n) is 1.76. The van der Waals surface area contributed by atoms with Gasteiger partial charge in [-0.15, -0.1) is 0 Å². The zero-order valence-electron chi connectivity index (χ0n) is 9.52. The van der Waals surface area contributed by atoms with Crippen LogP contribution in [-0.2, 0) is 7.05 Å². The van der Waals surface area contributed by atoms with Gasteiger partial charge in [0.15, 0.2) is 5.56 Å². The molecule has 17 heavy (non-hydrogen) atoms. The summed E-state index contributed by atoms with van der Waals surface area (Å²) in [5.74, 6) is -1.22. The molecule has 88 valence electrons. The van der Waals surface area contributed by atoms with Gasteiger partial charge in [0.05, 0.1) is 5.69 Å². The molecular weight excluding hydrogens is 220 g/mol. The zero-order chi connectivity index (χ0) is 12.6. The Hall–Kier alpha value is -2.30. The third-order valence-corrected chi connectivity index (χ3v) is 2.57. The maximum absolute atomic E-state index is 11.6. The van der Waals surface area contributed by atoms with Crippen molar-refractivity contribution in [2.24, 2.45) is 7.05 Å². The Kier molecular flexibility index (Phi) is 2.59. The van der Waals surface area contributed by atoms with E-state index >= 15 is 0 Å². The summed E-state index contributed by atoms with van der Waals surface area (Å²) in [6.45, 7) is 1.91. The zero-order valence-corrected chi connectivity index (χ0v) is 9.52. The van der Waals surface area contributed by atoms with Crippen molar-refractivity contribution in [2.45, 2.75) is 6.92 Å². The van der Waals surface area contributed by atoms with Crippen molar-refractivity contribution < 1.29 is 9.90 Å². The number of carboxylic acids is 1. The number of hydrogen-bond acceptors (Lipinski definition) is 2. The molecule has 0 fully saturated rings. The van der Waals surface area contributed by atoms with Gasteiger partial charge in [0.25, 0.3) is 5.56 Å². The summed E-state index contributed by atoms with van der Waals surface area (Å²) in [4.78, 5) is 22.7. The lowest BCUT2D eigenvalue weighted by molar-refractivity contribution is 0.0696. The lowest BCUT2D eigenvalue weighted by Crippen LogP contribution is -2.18. The first-order chi connectivity index (χ1) is 8.00. The molecule has 1 aromatic carbocycles. The molecule has 0 atom stereocenters. The van der Waals surface area contributed by atoms with E-state index in [0.717, 1.165) is 5.56 Å². The standard InChI is InChI=1S/C12H12N2O3/c1-7-4-3-5-8(6-7)10-9(12(16)17)11(15)14(2)13-10/h3-6,13H,1-2H3,(H,16,17). The van der Waals surface area contributed by atoms with Crippen molar-refractivity contribution in [1.82, 2.24) is 9.78 Å². The molecular formula is C12H12N2O3. The summed E-state index contributed by atoms with van der Waals surface area (Å²) in [6, 6.07) is 7.33. The van der Waals surface area contributed by atoms with Crippen molar-refractivity contribution >= 4 is 5.97 Å². The summed E-state index contributed by atoms with van der Waals surface area (Å²) >= 11 is 0. The van der Waals surface area contributed by atoms with Crippen LogP contribution in [0.3, 0.4) is 0 Å². The number of H-pyrrole nitrogens is 1. The van der Waals surface area contributed by atoms with Crippen molar-refractivity contribution in [3.8, 4) is 11.3 Å². The van der Waals surface area contributed by atoms with Gasteiger partial charge < -0.3 is 5.11 Å². The molecule has 0 aliphatic heterocycles. The van der Waals surface area contributed by atoms with E-state index in [4.69, 9.17) is 5.11 Å². The Bertz CT molecular complexity index is 637. The van der Waals surface area contributed by atoms with Crippen LogP contribution in [0, 0.1) is 6.92 Å². The Balaban J connectivity index is 2.72. The second-order valence-corrected chi connectivity index (χ2v) is 3.90. The monoisotopic (exact) mass is 232 g/mol. The van der Waals surface area contributed by atoms with E-state index in [1.54, 1.807) is 6.07 Å². The number of carboxylic acid groups (broad SMARTS) is 1. The molecule has 1 heterocycles. The third kappa shape index (κ3) is 1.87. The van der Waals surface area contributed by atoms with Crippen molar-refractivity contribution in [3.05, 3.63) is 45.7 Å². The van der Waals surface area contributed by atoms with Gasteiger partial charge in [-0.05, 0) is 13.0 Å². The maximum Gasteiger partial charge on any atom is 0.343 e. The van der Waals surface area contributed by atoms with Crippen LogP contribution in [0.15, 0.2) is 29.1 Å². The molecule has 0 saturated carbocycles. The van der Waals surface area contributed by atoms with E-state index in [2.05, 4.69) is 5.10 Å². The molecule has 0 spiro atoms. The largest absolute Gasteiger partial charge is 0.477 e. The molecule has 2 N–H and O–H groups in total. The van der Waals surface area contributed by atoms with Crippen LogP contribution in [-0.4, -0.2) is 20.9 Å². The Labute approximate surface area is 97.3 Å². The number of carbonyl (C=O) groups is 1. The fraction of sp³-hybridized carbons (Fsp3) is 0.167. The fourth-order valence-corrected chi connectivity index (χ4v) is 1.76. The highest BCUT2D eigenvalue weighted by molar-refractivity contribution is 5.94. The third-order valence-electron chi connectivity index (χ3n) is 2.57. The minimum Gasteiger partial charge on any atom is -0.477 e. The minimum absolute atomic E-state index is 0.224. The Morgan fingerprint density at radius 3 is 2.71 bits per heavy atom. The van der Waals surface area contributed by atoms with E-state index in [-0.39, 0.29) is 5.56 Å². The van der Waals surface area contributed by atoms with Gasteiger partial charge in [0.1, 0.15) is 0 Å². The first kappa shape index (κ1) is 11.2. The SMILES string of the molecule is Cc1cccc(-c2[nH]n(C)c(=O)c2C(=O)O)c1. The summed E-state index contributed by atoms with van der Waals surface area (Å²) in [6.07, 6.45) is 0. The number of hydrogen-bond donors (Lipinski definition) is 2. The van der Waals surface area contributed by atoms with Crippen LogP contribution in [0.5, 0.6) is 0 Å². The van der Waals surface area contributed by atoms with E-state index in [0.29, 0.717) is 11.3 Å². The number of rotatable bonds is 2. The van der Waals surface area contributed by atoms with Crippen molar-refractivity contribution in [3.63, 3.8) is 0 Å². The van der Waals surface area contributed by atoms with Gasteiger partial charge in [-0.1, -0.05) is 23.8 Å². The molecule has 0 bridgehead atoms. The number of aromatic nitrogens is 2. The summed E-state index contributed by atoms with van der Waals surface area (Å²) in [5.41, 5.74) is 1.28. The van der Waals surface area contributed by atoms with Crippen molar-refractivity contribution in [2.75, 3.05) is 0 Å². The van der Waals surface area contributed by atoms with Gasteiger partial charge >= 0.3 is 5.97 Å². The van der Waals surface area contributed by atoms with E-state index in [1.165, 1.54) is 11.7 Å². The molecule has 5 nitrogen and oxygen atoms in total. The van der Waals surface area contributed by atoms with Crippen LogP contribution in [0.2, 0.25) is 0 Å². The van der Waals surface area contributed by atoms with Crippen LogP contribution in [0.4, 0.5) is 0 Å². The molecule has 0 unspecified atom stereocenters. The average molecular weight is 232 g/mol. The van der Waals surface area contributed by atoms with E-state index in [1.807, 2.05) is 25.1 Å². The molecule has 2 aromatic rings. The average Bonchev–Trinajstić information content (AvgIpc) is 2.55. The van der Waals surface area contributed by atoms with Gasteiger partial charge in [0, 0.05) is 12.6 Å².